The van der Waals surface area contributed by atoms with Gasteiger partial charge in [0.2, 0.25) is 5.91 Å². The van der Waals surface area contributed by atoms with Crippen molar-refractivity contribution < 1.29 is 13.9 Å². The number of hydrogen-bond donors (Lipinski definition) is 1. The third-order valence-electron chi connectivity index (χ3n) is 2.70. The third-order valence-corrected chi connectivity index (χ3v) is 3.60. The first-order chi connectivity index (χ1) is 9.58. The summed E-state index contributed by atoms with van der Waals surface area (Å²) in [6.45, 7) is 0. The van der Waals surface area contributed by atoms with Crippen LogP contribution in [0.15, 0.2) is 42.5 Å². The van der Waals surface area contributed by atoms with Crippen molar-refractivity contribution in [3.63, 3.8) is 0 Å². The molecule has 2 rings (SSSR count). The maximum atomic E-state index is 13.0. The molecule has 5 heteroatoms. The zero-order valence-corrected chi connectivity index (χ0v) is 13.0. The predicted molar refractivity (Wildman–Crippen MR) is 84.4 cm³/mol. The zero-order chi connectivity index (χ0) is 14.5. The first-order valence-electron chi connectivity index (χ1n) is 5.96. The Balaban J connectivity index is 2.05. The van der Waals surface area contributed by atoms with Crippen LogP contribution < -0.4 is 10.1 Å². The molecule has 0 spiro atoms. The summed E-state index contributed by atoms with van der Waals surface area (Å²) in [6.07, 6.45) is 0.241. The first-order valence-corrected chi connectivity index (χ1v) is 7.04. The molecule has 20 heavy (non-hydrogen) atoms. The minimum atomic E-state index is -0.319. The van der Waals surface area contributed by atoms with Gasteiger partial charge < -0.3 is 10.1 Å². The number of carbonyl (C=O) groups is 1. The lowest BCUT2D eigenvalue weighted by Crippen LogP contribution is -2.15. The van der Waals surface area contributed by atoms with Crippen molar-refractivity contribution in [3.05, 3.63) is 57.4 Å². The van der Waals surface area contributed by atoms with Gasteiger partial charge in [0.25, 0.3) is 0 Å². The number of ether oxygens (including phenoxy) is 1. The van der Waals surface area contributed by atoms with Crippen LogP contribution in [0.5, 0.6) is 5.75 Å². The SMILES string of the molecule is COc1cccc(CC(=O)Nc2ccc(F)cc2I)c1. The van der Waals surface area contributed by atoms with E-state index in [4.69, 9.17) is 4.74 Å². The molecule has 0 aliphatic heterocycles. The molecule has 0 saturated carbocycles. The van der Waals surface area contributed by atoms with E-state index in [2.05, 4.69) is 5.32 Å². The lowest BCUT2D eigenvalue weighted by Gasteiger charge is -2.08. The molecule has 0 fully saturated rings. The molecule has 104 valence electrons. The Morgan fingerprint density at radius 1 is 1.30 bits per heavy atom. The van der Waals surface area contributed by atoms with Gasteiger partial charge in [-0.25, -0.2) is 4.39 Å². The van der Waals surface area contributed by atoms with E-state index in [-0.39, 0.29) is 18.1 Å². The van der Waals surface area contributed by atoms with Crippen LogP contribution in [0.1, 0.15) is 5.56 Å². The predicted octanol–water partition coefficient (Wildman–Crippen LogP) is 3.62. The Kier molecular flexibility index (Phi) is 4.94. The number of benzene rings is 2. The van der Waals surface area contributed by atoms with Crippen LogP contribution >= 0.6 is 22.6 Å². The van der Waals surface area contributed by atoms with Crippen molar-refractivity contribution in [1.82, 2.24) is 0 Å². The van der Waals surface area contributed by atoms with E-state index >= 15 is 0 Å². The molecule has 0 aliphatic rings. The van der Waals surface area contributed by atoms with Crippen LogP contribution in [0.2, 0.25) is 0 Å². The highest BCUT2D eigenvalue weighted by Gasteiger charge is 2.08. The minimum Gasteiger partial charge on any atom is -0.497 e. The molecule has 0 radical (unpaired) electrons. The number of hydrogen-bond acceptors (Lipinski definition) is 2. The topological polar surface area (TPSA) is 38.3 Å². The average molecular weight is 385 g/mol. The molecule has 1 amide bonds. The fourth-order valence-corrected chi connectivity index (χ4v) is 2.37. The highest BCUT2D eigenvalue weighted by Crippen LogP contribution is 2.19. The summed E-state index contributed by atoms with van der Waals surface area (Å²) in [5.41, 5.74) is 1.47. The van der Waals surface area contributed by atoms with Gasteiger partial charge in [0.05, 0.1) is 19.2 Å². The highest BCUT2D eigenvalue weighted by molar-refractivity contribution is 14.1. The summed E-state index contributed by atoms with van der Waals surface area (Å²) >= 11 is 1.99. The summed E-state index contributed by atoms with van der Waals surface area (Å²) in [5.74, 6) is 0.245. The second-order valence-electron chi connectivity index (χ2n) is 4.20. The number of methoxy groups -OCH3 is 1. The maximum Gasteiger partial charge on any atom is 0.228 e. The van der Waals surface area contributed by atoms with Gasteiger partial charge in [-0.05, 0) is 58.5 Å². The molecule has 0 heterocycles. The summed E-state index contributed by atoms with van der Waals surface area (Å²) in [7, 11) is 1.58. The van der Waals surface area contributed by atoms with E-state index in [0.29, 0.717) is 15.0 Å². The Morgan fingerprint density at radius 2 is 2.10 bits per heavy atom. The van der Waals surface area contributed by atoms with E-state index in [0.717, 1.165) is 5.56 Å². The van der Waals surface area contributed by atoms with E-state index in [9.17, 15) is 9.18 Å². The van der Waals surface area contributed by atoms with Crippen LogP contribution in [-0.4, -0.2) is 13.0 Å². The number of amides is 1. The molecule has 0 aromatic heterocycles. The standard InChI is InChI=1S/C15H13FINO2/c1-20-12-4-2-3-10(7-12)8-15(19)18-14-6-5-11(16)9-13(14)17/h2-7,9H,8H2,1H3,(H,18,19). The fraction of sp³-hybridized carbons (Fsp3) is 0.133. The van der Waals surface area contributed by atoms with Gasteiger partial charge in [-0.15, -0.1) is 0 Å². The lowest BCUT2D eigenvalue weighted by atomic mass is 10.1. The smallest absolute Gasteiger partial charge is 0.228 e. The van der Waals surface area contributed by atoms with E-state index in [1.165, 1.54) is 12.1 Å². The van der Waals surface area contributed by atoms with Crippen molar-refractivity contribution in [2.75, 3.05) is 12.4 Å². The molecule has 0 saturated heterocycles. The summed E-state index contributed by atoms with van der Waals surface area (Å²) in [5, 5.41) is 2.77. The molecule has 0 unspecified atom stereocenters. The van der Waals surface area contributed by atoms with E-state index in [1.54, 1.807) is 13.2 Å². The monoisotopic (exact) mass is 385 g/mol. The lowest BCUT2D eigenvalue weighted by molar-refractivity contribution is -0.115. The van der Waals surface area contributed by atoms with E-state index in [1.807, 2.05) is 46.9 Å². The summed E-state index contributed by atoms with van der Waals surface area (Å²) in [6, 6.07) is 11.6. The Labute approximate surface area is 130 Å². The second kappa shape index (κ2) is 6.69. The number of carbonyl (C=O) groups excluding carboxylic acids is 1. The van der Waals surface area contributed by atoms with Crippen molar-refractivity contribution >= 4 is 34.2 Å². The zero-order valence-electron chi connectivity index (χ0n) is 10.8. The van der Waals surface area contributed by atoms with Gasteiger partial charge in [-0.3, -0.25) is 4.79 Å². The van der Waals surface area contributed by atoms with Crippen LogP contribution in [0, 0.1) is 9.39 Å². The molecular weight excluding hydrogens is 372 g/mol. The van der Waals surface area contributed by atoms with Crippen LogP contribution in [0.3, 0.4) is 0 Å². The number of rotatable bonds is 4. The van der Waals surface area contributed by atoms with Crippen molar-refractivity contribution in [2.24, 2.45) is 0 Å². The van der Waals surface area contributed by atoms with Crippen LogP contribution in [-0.2, 0) is 11.2 Å². The molecular formula is C15H13FINO2. The van der Waals surface area contributed by atoms with Crippen molar-refractivity contribution in [2.45, 2.75) is 6.42 Å². The van der Waals surface area contributed by atoms with Crippen molar-refractivity contribution in [1.29, 1.82) is 0 Å². The Hall–Kier alpha value is -1.63. The summed E-state index contributed by atoms with van der Waals surface area (Å²) in [4.78, 5) is 12.0. The van der Waals surface area contributed by atoms with Gasteiger partial charge in [0, 0.05) is 3.57 Å². The number of halogens is 2. The quantitative estimate of drug-likeness (QED) is 0.817. The molecule has 3 nitrogen and oxygen atoms in total. The third kappa shape index (κ3) is 3.93. The first kappa shape index (κ1) is 14.8. The van der Waals surface area contributed by atoms with Gasteiger partial charge in [0.15, 0.2) is 0 Å². The molecule has 1 N–H and O–H groups in total. The van der Waals surface area contributed by atoms with Gasteiger partial charge in [0.1, 0.15) is 11.6 Å². The highest BCUT2D eigenvalue weighted by atomic mass is 127. The molecule has 0 atom stereocenters. The Bertz CT molecular complexity index is 631. The Morgan fingerprint density at radius 3 is 2.80 bits per heavy atom. The van der Waals surface area contributed by atoms with Gasteiger partial charge >= 0.3 is 0 Å². The van der Waals surface area contributed by atoms with E-state index < -0.39 is 0 Å². The van der Waals surface area contributed by atoms with Gasteiger partial charge in [-0.2, -0.15) is 0 Å². The van der Waals surface area contributed by atoms with Crippen molar-refractivity contribution in [3.8, 4) is 5.75 Å². The number of nitrogens with one attached hydrogen (secondary N) is 1. The van der Waals surface area contributed by atoms with Gasteiger partial charge in [-0.1, -0.05) is 12.1 Å². The molecule has 2 aromatic carbocycles. The van der Waals surface area contributed by atoms with Crippen LogP contribution in [0.25, 0.3) is 0 Å². The summed E-state index contributed by atoms with van der Waals surface area (Å²) < 4.78 is 18.8. The normalized spacial score (nSPS) is 10.2. The minimum absolute atomic E-state index is 0.150. The molecule has 2 aromatic rings. The number of anilines is 1. The largest absolute Gasteiger partial charge is 0.497 e. The second-order valence-corrected chi connectivity index (χ2v) is 5.36. The fourth-order valence-electron chi connectivity index (χ4n) is 1.75. The molecule has 0 aliphatic carbocycles. The van der Waals surface area contributed by atoms with Crippen LogP contribution in [0.4, 0.5) is 10.1 Å². The maximum absolute atomic E-state index is 13.0. The molecule has 0 bridgehead atoms. The average Bonchev–Trinajstić information content (AvgIpc) is 2.42.